The molecule has 0 aliphatic rings. The molecule has 0 aliphatic carbocycles. The van der Waals surface area contributed by atoms with Crippen molar-refractivity contribution < 1.29 is 137 Å². The number of aromatic hydroxyl groups is 8. The number of nitro benzene ring substituents is 2. The topological polar surface area (TPSA) is 553 Å². The van der Waals surface area contributed by atoms with Gasteiger partial charge in [0.15, 0.2) is 35.3 Å². The molecule has 0 aliphatic heterocycles. The van der Waals surface area contributed by atoms with Crippen molar-refractivity contribution in [2.24, 2.45) is 40.9 Å². The Bertz CT molecular complexity index is 6590. The van der Waals surface area contributed by atoms with E-state index in [0.717, 1.165) is 30.3 Å². The number of aryl methyl sites for hydroxylation is 5. The van der Waals surface area contributed by atoms with Crippen molar-refractivity contribution in [1.82, 2.24) is 19.6 Å². The van der Waals surface area contributed by atoms with E-state index in [0.29, 0.717) is 45.0 Å². The number of quaternary nitrogens is 1. The van der Waals surface area contributed by atoms with Gasteiger partial charge in [-0.25, -0.2) is 21.4 Å². The monoisotopic (exact) mass is 2140 g/mol. The zero-order valence-corrected chi connectivity index (χ0v) is 86.7. The summed E-state index contributed by atoms with van der Waals surface area (Å²) in [6.07, 6.45) is 35.5. The number of para-hydroxylation sites is 2. The third kappa shape index (κ3) is 34.6. The fourth-order valence-electron chi connectivity index (χ4n) is 15.8. The summed E-state index contributed by atoms with van der Waals surface area (Å²) in [7, 11) is -9.93. The van der Waals surface area contributed by atoms with Crippen molar-refractivity contribution >= 4 is 110 Å². The summed E-state index contributed by atoms with van der Waals surface area (Å²) in [5.74, 6) is -3.03. The second-order valence-electron chi connectivity index (χ2n) is 34.4. The van der Waals surface area contributed by atoms with Gasteiger partial charge in [0.25, 0.3) is 11.4 Å². The van der Waals surface area contributed by atoms with Gasteiger partial charge in [0.1, 0.15) is 83.9 Å². The Balaban J connectivity index is 0.000000294. The van der Waals surface area contributed by atoms with E-state index < -0.39 is 62.8 Å². The molecule has 0 spiro atoms. The number of hydrogen-bond acceptors (Lipinski definition) is 30. The molecular formula is C103H126CrCu2N18O18S2. The number of rotatable bonds is 42. The van der Waals surface area contributed by atoms with Gasteiger partial charge in [0.2, 0.25) is 11.8 Å². The molecule has 13 aromatic rings. The number of fused-ring (bicyclic) bond motifs is 2. The van der Waals surface area contributed by atoms with Crippen LogP contribution in [0.4, 0.5) is 68.2 Å². The van der Waals surface area contributed by atoms with Gasteiger partial charge in [-0.1, -0.05) is 198 Å². The number of phenolic OH excluding ortho intramolecular Hbond substituents is 6. The molecule has 0 fully saturated rings. The molecule has 41 heteroatoms. The van der Waals surface area contributed by atoms with Crippen LogP contribution in [0.1, 0.15) is 198 Å². The Labute approximate surface area is 871 Å². The van der Waals surface area contributed by atoms with Gasteiger partial charge in [0, 0.05) is 104 Å². The van der Waals surface area contributed by atoms with Crippen molar-refractivity contribution in [2.45, 2.75) is 220 Å². The standard InChI is InChI=1S/C34H28N6O10S2.C21H38N.2C16H13N5O4.C16H36N.Cr.2Cu/c1-15-7-19-13-28(52(48,49)50)32(34(44)29(19)22(35)8-15)40-38-25-6-4-18(12-27(25)42)17-3-5-24(26(41)11-17)37-39-31-16(2)9-20-10-21(51(45,46)47)14-23(36)30(20)33(31)43;1-2-3-4-5-6-7-8-9-10-11-12-13-14-16-19-22-20-17-15-18-21-22;2*1-10-15(16(23)20(19-10)11-5-3-2-4-6-11)18-17-13-8-7-12(21(24)25)9-14(13)22;1-5-9-13-17(14-10-6-2,15-11-7-3)16-12-8-4;;;/h3-14,41-44H,35-36H2,1-2H3,(H,45,46,47)(H,48,49,50);15,17-18,20-21H,2-14,16,19H2,1H3;2*2-9,22-23H,1H3;5-16H2,1-4H3;;;/q;+1;;;+1;;;/p-2. The second-order valence-corrected chi connectivity index (χ2v) is 37.1. The van der Waals surface area contributed by atoms with Gasteiger partial charge >= 0.3 is 0 Å². The Morgan fingerprint density at radius 3 is 1.11 bits per heavy atom. The van der Waals surface area contributed by atoms with Crippen molar-refractivity contribution in [3.05, 3.63) is 243 Å². The molecule has 0 saturated heterocycles. The molecule has 3 heterocycles. The van der Waals surface area contributed by atoms with E-state index in [1.165, 1.54) is 248 Å². The van der Waals surface area contributed by atoms with Gasteiger partial charge in [-0.15, -0.1) is 40.9 Å². The smallest absolute Gasteiger partial charge is 0.273 e. The first kappa shape index (κ1) is 120. The molecule has 0 bridgehead atoms. The molecule has 36 nitrogen and oxygen atoms in total. The number of unbranched alkanes of at least 4 members (excludes halogenated alkanes) is 17. The first-order valence-electron chi connectivity index (χ1n) is 47.2. The number of aromatic nitrogens is 5. The van der Waals surface area contributed by atoms with Crippen LogP contribution in [0.3, 0.4) is 0 Å². The van der Waals surface area contributed by atoms with Crippen LogP contribution in [0.5, 0.6) is 46.3 Å². The number of nitro groups is 2. The van der Waals surface area contributed by atoms with Gasteiger partial charge in [-0.2, -0.15) is 19.6 Å². The Morgan fingerprint density at radius 2 is 0.736 bits per heavy atom. The summed E-state index contributed by atoms with van der Waals surface area (Å²) in [4.78, 5) is 18.7. The van der Waals surface area contributed by atoms with Gasteiger partial charge in [-0.05, 0) is 184 Å². The Kier molecular flexibility index (Phi) is 48.6. The maximum Gasteiger partial charge on any atom is 0.273 e. The fourth-order valence-corrected chi connectivity index (χ4v) is 16.9. The van der Waals surface area contributed by atoms with Crippen molar-refractivity contribution in [1.29, 1.82) is 0 Å². The van der Waals surface area contributed by atoms with E-state index >= 15 is 0 Å². The number of pyridine rings is 1. The summed E-state index contributed by atoms with van der Waals surface area (Å²) in [6.45, 7) is 25.1. The predicted octanol–water partition coefficient (Wildman–Crippen LogP) is 26.2. The SMILES string of the molecule is CCCCCCCCCCCCCCCC[n+]1ccccc1.CCCC[N+](CCCC)(CCCC)CCCC.Cc1cc(N)c2c(O)c(N=Nc3ccc(-c4ccc(N=Nc5c(C)cc6cc(S(=O)(=O)[O-])cc(N)c6c5O)c(O)c4)cc3O)c(S(=O)(=O)[O-])cc2c1.Cc1nn(-c2ccccc2)c(O)c1N=Nc1ccc([N+](=O)[O-])cc1O.Cc1nn(-c2ccccc2)c(O)c1N=Nc1ccc([N+](=O)[O-])cc1O.[Cr].[Cu].[Cu]. The average Bonchev–Trinajstić information content (AvgIpc) is 0.902. The number of hydrogen-bond donors (Lipinski definition) is 10. The number of non-ortho nitro benzene ring substituents is 2. The average molecular weight is 2150 g/mol. The molecule has 0 atom stereocenters. The van der Waals surface area contributed by atoms with E-state index in [1.807, 2.05) is 36.4 Å². The van der Waals surface area contributed by atoms with Crippen LogP contribution in [-0.2, 0) is 78.3 Å². The molecule has 2 radical (unpaired) electrons. The molecule has 0 unspecified atom stereocenters. The van der Waals surface area contributed by atoms with Crippen LogP contribution < -0.4 is 16.0 Å². The molecule has 12 N–H and O–H groups in total. The number of nitrogens with zero attached hydrogens (tertiary/aromatic N) is 16. The fraction of sp³-hybridized carbons (Fsp3) is 0.350. The minimum atomic E-state index is -5.13. The first-order valence-corrected chi connectivity index (χ1v) is 50.1. The predicted molar refractivity (Wildman–Crippen MR) is 543 cm³/mol. The van der Waals surface area contributed by atoms with Crippen molar-refractivity contribution in [3.63, 3.8) is 0 Å². The van der Waals surface area contributed by atoms with Crippen LogP contribution in [-0.4, -0.2) is 127 Å². The molecule has 3 aromatic heterocycles. The van der Waals surface area contributed by atoms with E-state index in [2.05, 4.69) is 121 Å². The van der Waals surface area contributed by atoms with Crippen molar-refractivity contribution in [3.8, 4) is 68.8 Å². The quantitative estimate of drug-likeness (QED) is 0.00195. The normalized spacial score (nSPS) is 11.4. The minimum absolute atomic E-state index is 0. The zero-order chi connectivity index (χ0) is 103. The summed E-state index contributed by atoms with van der Waals surface area (Å²) in [5.41, 5.74) is 14.9. The number of benzene rings is 10. The summed E-state index contributed by atoms with van der Waals surface area (Å²) in [5, 5.41) is 145. The minimum Gasteiger partial charge on any atom is -0.744 e. The largest absolute Gasteiger partial charge is 0.744 e. The first-order chi connectivity index (χ1) is 67.4. The van der Waals surface area contributed by atoms with Crippen LogP contribution in [0, 0.1) is 47.9 Å². The number of anilines is 2. The zero-order valence-electron chi connectivity index (χ0n) is 81.9. The molecular weight excluding hydrogens is 2020 g/mol. The third-order valence-corrected chi connectivity index (χ3v) is 25.1. The second kappa shape index (κ2) is 58.6. The van der Waals surface area contributed by atoms with E-state index in [4.69, 9.17) is 11.5 Å². The van der Waals surface area contributed by atoms with Crippen LogP contribution in [0.2, 0.25) is 0 Å². The third-order valence-electron chi connectivity index (χ3n) is 23.4. The van der Waals surface area contributed by atoms with Gasteiger partial charge in [0.05, 0.1) is 80.7 Å². The number of phenols is 6. The summed E-state index contributed by atoms with van der Waals surface area (Å²) >= 11 is 0. The van der Waals surface area contributed by atoms with Gasteiger partial charge in [-0.3, -0.25) is 20.2 Å². The molecule has 13 rings (SSSR count). The molecule has 0 amide bonds. The maximum absolute atomic E-state index is 12.1. The Hall–Kier alpha value is -13.2. The van der Waals surface area contributed by atoms with Crippen LogP contribution in [0.15, 0.2) is 251 Å². The molecule has 0 saturated carbocycles. The number of nitrogens with two attached hydrogens (primary N) is 2. The number of azo groups is 4. The van der Waals surface area contributed by atoms with E-state index in [1.54, 1.807) is 70.2 Å². The van der Waals surface area contributed by atoms with Gasteiger partial charge < -0.3 is 65.9 Å². The van der Waals surface area contributed by atoms with Crippen LogP contribution in [0.25, 0.3) is 44.0 Å². The van der Waals surface area contributed by atoms with E-state index in [9.17, 15) is 87.0 Å². The molecule has 10 aromatic carbocycles. The summed E-state index contributed by atoms with van der Waals surface area (Å²) in [6, 6.07) is 47.2. The molecule has 776 valence electrons. The van der Waals surface area contributed by atoms with Crippen molar-refractivity contribution in [2.75, 3.05) is 37.6 Å². The van der Waals surface area contributed by atoms with Crippen LogP contribution >= 0.6 is 0 Å². The maximum atomic E-state index is 12.1. The molecule has 144 heavy (non-hydrogen) atoms. The summed E-state index contributed by atoms with van der Waals surface area (Å²) < 4.78 is 77.0. The number of nitrogen functional groups attached to an aromatic ring is 2. The Morgan fingerprint density at radius 1 is 0.389 bits per heavy atom. The van der Waals surface area contributed by atoms with E-state index in [-0.39, 0.29) is 165 Å².